The molecule has 0 unspecified atom stereocenters. The molecule has 9 fully saturated rings. The van der Waals surface area contributed by atoms with E-state index in [1.807, 2.05) is 6.92 Å². The molecule has 5 aliphatic heterocycles. The summed E-state index contributed by atoms with van der Waals surface area (Å²) in [7, 11) is 0. The van der Waals surface area contributed by atoms with Gasteiger partial charge >= 0.3 is 5.97 Å². The van der Waals surface area contributed by atoms with Gasteiger partial charge in [0.1, 0.15) is 110 Å². The molecule has 4 saturated carbocycles. The van der Waals surface area contributed by atoms with Crippen LogP contribution in [-0.4, -0.2) is 274 Å². The molecule has 0 aromatic heterocycles. The molecule has 5 aliphatic carbocycles. The maximum Gasteiger partial charge on any atom is 0.315 e. The normalized spacial score (nSPS) is 54.8. The second-order valence-corrected chi connectivity index (χ2v) is 28.5. The number of rotatable bonds is 14. The second kappa shape index (κ2) is 24.9. The van der Waals surface area contributed by atoms with E-state index in [1.54, 1.807) is 0 Å². The largest absolute Gasteiger partial charge is 0.432 e. The highest BCUT2D eigenvalue weighted by molar-refractivity contribution is 5.79. The first-order valence-corrected chi connectivity index (χ1v) is 30.8. The summed E-state index contributed by atoms with van der Waals surface area (Å²) in [5.41, 5.74) is -2.06. The Morgan fingerprint density at radius 1 is 0.535 bits per heavy atom. The Labute approximate surface area is 499 Å². The summed E-state index contributed by atoms with van der Waals surface area (Å²) in [5.74, 6) is -0.933. The van der Waals surface area contributed by atoms with Crippen molar-refractivity contribution in [2.24, 2.45) is 50.2 Å². The van der Waals surface area contributed by atoms with E-state index < -0.39 is 196 Å². The number of esters is 1. The SMILES string of the molecule is C[C@@H]1O[C@@H](O[C@H]2[C@H](O)[C@@H](O)[C@H](O[C@H]3[C@H](O)[C@@H](O)[C@H](OC(=O)[C@]45CCC(C)(C)C[C@H]4C4=CC[C@H]6[C@@]7(C)CC[C@H](O[C@@H]8OC[C@H](O)[C@H](O)[C@H]8O[C@@H]8O[C@H](CO)[C@@H](O)[C@H](O)[C@H]8O)[C@@](C)(CO)[C@@H]7CC[C@@]6(C)[C@@]4(C)CC5)O[C@@H]3CO)O[C@@H]2CO)[C@H](O)[C@H](O)[C@H]1O. The minimum absolute atomic E-state index is 0.0953. The van der Waals surface area contributed by atoms with Gasteiger partial charge in [-0.05, 0) is 111 Å². The number of fused-ring (bicyclic) bond motifs is 7. The molecule has 33 atom stereocenters. The monoisotopic (exact) mass is 1240 g/mol. The molecule has 0 amide bonds. The predicted molar refractivity (Wildman–Crippen MR) is 289 cm³/mol. The third kappa shape index (κ3) is 11.1. The van der Waals surface area contributed by atoms with E-state index in [-0.39, 0.29) is 47.2 Å². The summed E-state index contributed by atoms with van der Waals surface area (Å²) in [4.78, 5) is 15.2. The number of hydrogen-bond acceptors (Lipinski definition) is 27. The predicted octanol–water partition coefficient (Wildman–Crippen LogP) is -3.57. The number of allylic oxidation sites excluding steroid dienone is 2. The summed E-state index contributed by atoms with van der Waals surface area (Å²) in [6, 6.07) is 0. The maximum atomic E-state index is 15.2. The van der Waals surface area contributed by atoms with Gasteiger partial charge in [0.15, 0.2) is 25.2 Å². The average molecular weight is 1240 g/mol. The summed E-state index contributed by atoms with van der Waals surface area (Å²) in [5, 5.41) is 173. The van der Waals surface area contributed by atoms with E-state index in [9.17, 15) is 81.7 Å². The van der Waals surface area contributed by atoms with Gasteiger partial charge in [-0.3, -0.25) is 4.79 Å². The van der Waals surface area contributed by atoms with Crippen molar-refractivity contribution in [3.05, 3.63) is 11.6 Å². The minimum atomic E-state index is -1.98. The van der Waals surface area contributed by atoms with Crippen molar-refractivity contribution in [1.82, 2.24) is 0 Å². The highest BCUT2D eigenvalue weighted by Gasteiger charge is 2.71. The van der Waals surface area contributed by atoms with Crippen LogP contribution in [0.2, 0.25) is 0 Å². The smallest absolute Gasteiger partial charge is 0.315 e. The molecule has 0 aromatic rings. The standard InChI is InChI=1S/C59H96O27/c1-24-34(65)37(68)41(72)48(78-24)83-45-29(20-61)80-50(43(74)39(45)70)84-46-30(21-62)81-51(44(75)40(46)71)86-53(76)59-16-14-54(2,3)18-26(59)25-8-9-32-55(4)12-11-33(56(5,23-63)31(55)10-13-58(32,7)57(25,6)15-17-59)82-52-47(35(66)27(64)22-77-52)85-49-42(73)38(69)36(67)28(19-60)79-49/h8,24,26-52,60-75H,9-23H2,1-7H3/t24-,26-,27-,28+,29+,30+,31+,32-,33-,34-,35-,36+,37+,38-,39+,40+,41+,42+,43+,44+,45+,46+,47+,48-,49-,50-,51-,52-,55-,56-,57-,58+,59-/m0/s1. The van der Waals surface area contributed by atoms with Crippen LogP contribution >= 0.6 is 0 Å². The molecule has 0 aromatic carbocycles. The van der Waals surface area contributed by atoms with E-state index >= 15 is 4.79 Å². The first-order valence-electron chi connectivity index (χ1n) is 30.8. The second-order valence-electron chi connectivity index (χ2n) is 28.5. The number of aliphatic hydroxyl groups is 16. The van der Waals surface area contributed by atoms with Gasteiger partial charge in [0.25, 0.3) is 0 Å². The van der Waals surface area contributed by atoms with Crippen LogP contribution in [0.4, 0.5) is 0 Å². The van der Waals surface area contributed by atoms with E-state index in [2.05, 4.69) is 40.7 Å². The van der Waals surface area contributed by atoms with Crippen LogP contribution in [0.3, 0.4) is 0 Å². The summed E-state index contributed by atoms with van der Waals surface area (Å²) >= 11 is 0. The molecule has 16 N–H and O–H groups in total. The van der Waals surface area contributed by atoms with Crippen molar-refractivity contribution in [3.8, 4) is 0 Å². The van der Waals surface area contributed by atoms with Crippen molar-refractivity contribution in [3.63, 3.8) is 0 Å². The van der Waals surface area contributed by atoms with Crippen LogP contribution in [0.25, 0.3) is 0 Å². The van der Waals surface area contributed by atoms with Crippen LogP contribution < -0.4 is 0 Å². The van der Waals surface area contributed by atoms with E-state index in [4.69, 9.17) is 47.4 Å². The zero-order valence-electron chi connectivity index (χ0n) is 50.0. The number of aliphatic hydroxyl groups excluding tert-OH is 16. The molecular formula is C59H96O27. The lowest BCUT2D eigenvalue weighted by atomic mass is 9.33. The molecule has 10 rings (SSSR count). The summed E-state index contributed by atoms with van der Waals surface area (Å²) in [6.45, 7) is 11.7. The Hall–Kier alpha value is -1.79. The lowest BCUT2D eigenvalue weighted by Crippen LogP contribution is -2.67. The van der Waals surface area contributed by atoms with Crippen molar-refractivity contribution in [2.45, 2.75) is 266 Å². The molecule has 5 heterocycles. The van der Waals surface area contributed by atoms with Gasteiger partial charge in [-0.1, -0.05) is 53.2 Å². The molecule has 86 heavy (non-hydrogen) atoms. The van der Waals surface area contributed by atoms with Crippen LogP contribution in [0.5, 0.6) is 0 Å². The van der Waals surface area contributed by atoms with E-state index in [0.717, 1.165) is 6.42 Å². The van der Waals surface area contributed by atoms with Crippen molar-refractivity contribution in [2.75, 3.05) is 33.0 Å². The molecule has 0 bridgehead atoms. The van der Waals surface area contributed by atoms with Crippen LogP contribution in [0.15, 0.2) is 11.6 Å². The van der Waals surface area contributed by atoms with Crippen LogP contribution in [0, 0.1) is 50.2 Å². The van der Waals surface area contributed by atoms with Gasteiger partial charge in [0.2, 0.25) is 6.29 Å². The quantitative estimate of drug-likeness (QED) is 0.0454. The average Bonchev–Trinajstić information content (AvgIpc) is 0.680. The first kappa shape index (κ1) is 67.1. The molecule has 0 spiro atoms. The zero-order valence-corrected chi connectivity index (χ0v) is 50.0. The van der Waals surface area contributed by atoms with Gasteiger partial charge in [0, 0.05) is 5.41 Å². The first-order chi connectivity index (χ1) is 40.4. The Balaban J connectivity index is 0.836. The fourth-order valence-corrected chi connectivity index (χ4v) is 17.7. The minimum Gasteiger partial charge on any atom is -0.432 e. The fraction of sp³-hybridized carbons (Fsp3) is 0.949. The Morgan fingerprint density at radius 2 is 1.07 bits per heavy atom. The lowest BCUT2D eigenvalue weighted by molar-refractivity contribution is -0.377. The maximum absolute atomic E-state index is 15.2. The van der Waals surface area contributed by atoms with Gasteiger partial charge < -0.3 is 129 Å². The number of carbonyl (C=O) groups excluding carboxylic acids is 1. The number of hydrogen-bond donors (Lipinski definition) is 16. The Bertz CT molecular complexity index is 2380. The summed E-state index contributed by atoms with van der Waals surface area (Å²) in [6.07, 6.45) is -31.6. The Kier molecular flexibility index (Phi) is 19.4. The molecule has 27 heteroatoms. The van der Waals surface area contributed by atoms with Gasteiger partial charge in [-0.25, -0.2) is 0 Å². The molecular weight excluding hydrogens is 1140 g/mol. The zero-order chi connectivity index (χ0) is 62.7. The van der Waals surface area contributed by atoms with Gasteiger partial charge in [-0.2, -0.15) is 0 Å². The van der Waals surface area contributed by atoms with Crippen molar-refractivity contribution >= 4 is 5.97 Å². The molecule has 5 saturated heterocycles. The van der Waals surface area contributed by atoms with Crippen molar-refractivity contribution < 1.29 is 134 Å². The number of carbonyl (C=O) groups is 1. The van der Waals surface area contributed by atoms with Crippen LogP contribution in [-0.2, 0) is 52.2 Å². The molecule has 494 valence electrons. The fourth-order valence-electron chi connectivity index (χ4n) is 17.7. The highest BCUT2D eigenvalue weighted by Crippen LogP contribution is 2.76. The van der Waals surface area contributed by atoms with E-state index in [0.29, 0.717) is 57.8 Å². The van der Waals surface area contributed by atoms with Crippen LogP contribution in [0.1, 0.15) is 113 Å². The molecule has 27 nitrogen and oxygen atoms in total. The van der Waals surface area contributed by atoms with Crippen molar-refractivity contribution in [1.29, 1.82) is 0 Å². The Morgan fingerprint density at radius 3 is 1.67 bits per heavy atom. The summed E-state index contributed by atoms with van der Waals surface area (Å²) < 4.78 is 59.4. The van der Waals surface area contributed by atoms with Gasteiger partial charge in [-0.15, -0.1) is 0 Å². The third-order valence-electron chi connectivity index (χ3n) is 23.3. The lowest BCUT2D eigenvalue weighted by Gasteiger charge is -2.71. The topological polar surface area (TPSA) is 433 Å². The molecule has 0 radical (unpaired) electrons. The number of ether oxygens (including phenoxy) is 10. The highest BCUT2D eigenvalue weighted by atomic mass is 16.8. The van der Waals surface area contributed by atoms with E-state index in [1.165, 1.54) is 12.5 Å². The third-order valence-corrected chi connectivity index (χ3v) is 23.3. The molecule has 10 aliphatic rings. The van der Waals surface area contributed by atoms with Gasteiger partial charge in [0.05, 0.1) is 50.7 Å².